The van der Waals surface area contributed by atoms with Gasteiger partial charge in [0, 0.05) is 32.2 Å². The van der Waals surface area contributed by atoms with Gasteiger partial charge in [0.05, 0.1) is 13.2 Å². The van der Waals surface area contributed by atoms with E-state index in [0.717, 1.165) is 13.1 Å². The number of nitrogens with zero attached hydrogens (tertiary/aromatic N) is 2. The summed E-state index contributed by atoms with van der Waals surface area (Å²) in [6.45, 7) is 3.50. The van der Waals surface area contributed by atoms with Crippen molar-refractivity contribution in [1.29, 1.82) is 0 Å². The number of halogens is 3. The molecule has 138 valence electrons. The number of carbonyl (C=O) groups excluding carboxylic acids is 1. The Morgan fingerprint density at radius 3 is 2.44 bits per heavy atom. The van der Waals surface area contributed by atoms with Crippen molar-refractivity contribution in [2.75, 3.05) is 46.0 Å². The number of hydrogen-bond acceptors (Lipinski definition) is 4. The standard InChI is InChI=1S/C17H21F3N2O3/c18-17(19,20)16(13-4-2-1-3-5-13)25-12-15(23)22-10-14(11-22)21-6-8-24-9-7-21/h1-5,14,16H,6-12H2. The van der Waals surface area contributed by atoms with Crippen LogP contribution in [0.1, 0.15) is 11.7 Å². The average molecular weight is 358 g/mol. The minimum atomic E-state index is -4.56. The first-order valence-corrected chi connectivity index (χ1v) is 8.28. The third kappa shape index (κ3) is 4.50. The molecule has 2 saturated heterocycles. The van der Waals surface area contributed by atoms with Crippen LogP contribution in [0.5, 0.6) is 0 Å². The first-order valence-electron chi connectivity index (χ1n) is 8.28. The summed E-state index contributed by atoms with van der Waals surface area (Å²) in [4.78, 5) is 15.9. The summed E-state index contributed by atoms with van der Waals surface area (Å²) in [5.41, 5.74) is -0.00222. The van der Waals surface area contributed by atoms with Crippen LogP contribution in [-0.2, 0) is 14.3 Å². The Morgan fingerprint density at radius 2 is 1.84 bits per heavy atom. The number of benzene rings is 1. The minimum Gasteiger partial charge on any atom is -0.379 e. The first-order chi connectivity index (χ1) is 11.9. The maximum Gasteiger partial charge on any atom is 0.418 e. The molecule has 0 N–H and O–H groups in total. The molecule has 2 fully saturated rings. The summed E-state index contributed by atoms with van der Waals surface area (Å²) in [6, 6.07) is 7.62. The quantitative estimate of drug-likeness (QED) is 0.806. The number of hydrogen-bond donors (Lipinski definition) is 0. The van der Waals surface area contributed by atoms with Crippen LogP contribution in [0.25, 0.3) is 0 Å². The Kier molecular flexibility index (Phi) is 5.61. The number of morpholine rings is 1. The Bertz CT molecular complexity index is 570. The number of ether oxygens (including phenoxy) is 2. The Labute approximate surface area is 144 Å². The Hall–Kier alpha value is -1.64. The molecule has 0 spiro atoms. The van der Waals surface area contributed by atoms with Crippen molar-refractivity contribution in [3.05, 3.63) is 35.9 Å². The molecule has 2 aliphatic rings. The highest BCUT2D eigenvalue weighted by atomic mass is 19.4. The van der Waals surface area contributed by atoms with E-state index in [1.54, 1.807) is 11.0 Å². The predicted octanol–water partition coefficient (Wildman–Crippen LogP) is 1.85. The molecule has 8 heteroatoms. The zero-order valence-electron chi connectivity index (χ0n) is 13.7. The topological polar surface area (TPSA) is 42.0 Å². The highest BCUT2D eigenvalue weighted by molar-refractivity contribution is 5.78. The van der Waals surface area contributed by atoms with Crippen molar-refractivity contribution in [3.63, 3.8) is 0 Å². The van der Waals surface area contributed by atoms with Crippen LogP contribution in [-0.4, -0.2) is 73.9 Å². The van der Waals surface area contributed by atoms with Crippen molar-refractivity contribution >= 4 is 5.91 Å². The molecule has 0 saturated carbocycles. The summed E-state index contributed by atoms with van der Waals surface area (Å²) in [5, 5.41) is 0. The van der Waals surface area contributed by atoms with E-state index < -0.39 is 24.8 Å². The van der Waals surface area contributed by atoms with E-state index in [1.165, 1.54) is 24.3 Å². The van der Waals surface area contributed by atoms with Gasteiger partial charge in [-0.2, -0.15) is 13.2 Å². The monoisotopic (exact) mass is 358 g/mol. The van der Waals surface area contributed by atoms with Gasteiger partial charge < -0.3 is 14.4 Å². The molecule has 1 atom stereocenters. The van der Waals surface area contributed by atoms with Gasteiger partial charge in [0.1, 0.15) is 6.61 Å². The van der Waals surface area contributed by atoms with E-state index in [1.807, 2.05) is 0 Å². The van der Waals surface area contributed by atoms with Crippen LogP contribution < -0.4 is 0 Å². The van der Waals surface area contributed by atoms with Gasteiger partial charge in [-0.3, -0.25) is 9.69 Å². The van der Waals surface area contributed by atoms with E-state index >= 15 is 0 Å². The molecule has 5 nitrogen and oxygen atoms in total. The van der Waals surface area contributed by atoms with E-state index in [4.69, 9.17) is 9.47 Å². The van der Waals surface area contributed by atoms with Gasteiger partial charge in [-0.15, -0.1) is 0 Å². The number of rotatable bonds is 5. The smallest absolute Gasteiger partial charge is 0.379 e. The average Bonchev–Trinajstić information content (AvgIpc) is 2.54. The number of carbonyl (C=O) groups is 1. The molecule has 1 amide bonds. The second-order valence-electron chi connectivity index (χ2n) is 6.24. The summed E-state index contributed by atoms with van der Waals surface area (Å²) in [6.07, 6.45) is -6.65. The Morgan fingerprint density at radius 1 is 1.20 bits per heavy atom. The molecule has 1 aromatic carbocycles. The summed E-state index contributed by atoms with van der Waals surface area (Å²) < 4.78 is 49.8. The van der Waals surface area contributed by atoms with Crippen LogP contribution in [0.3, 0.4) is 0 Å². The molecule has 2 aliphatic heterocycles. The largest absolute Gasteiger partial charge is 0.418 e. The molecule has 0 aromatic heterocycles. The van der Waals surface area contributed by atoms with Gasteiger partial charge in [-0.05, 0) is 5.56 Å². The molecular formula is C17H21F3N2O3. The first kappa shape index (κ1) is 18.2. The molecule has 1 aromatic rings. The fraction of sp³-hybridized carbons (Fsp3) is 0.588. The highest BCUT2D eigenvalue weighted by Gasteiger charge is 2.43. The lowest BCUT2D eigenvalue weighted by Crippen LogP contribution is -2.63. The van der Waals surface area contributed by atoms with E-state index in [2.05, 4.69) is 4.90 Å². The highest BCUT2D eigenvalue weighted by Crippen LogP contribution is 2.35. The molecule has 2 heterocycles. The van der Waals surface area contributed by atoms with Gasteiger partial charge in [0.25, 0.3) is 0 Å². The fourth-order valence-electron chi connectivity index (χ4n) is 3.09. The van der Waals surface area contributed by atoms with Crippen LogP contribution in [0.4, 0.5) is 13.2 Å². The zero-order valence-corrected chi connectivity index (χ0v) is 13.7. The van der Waals surface area contributed by atoms with Gasteiger partial charge in [-0.25, -0.2) is 0 Å². The molecule has 0 bridgehead atoms. The Balaban J connectivity index is 1.49. The van der Waals surface area contributed by atoms with Crippen LogP contribution in [0.15, 0.2) is 30.3 Å². The zero-order chi connectivity index (χ0) is 17.9. The summed E-state index contributed by atoms with van der Waals surface area (Å²) >= 11 is 0. The molecule has 1 unspecified atom stereocenters. The fourth-order valence-corrected chi connectivity index (χ4v) is 3.09. The number of amides is 1. The molecule has 0 radical (unpaired) electrons. The van der Waals surface area contributed by atoms with Gasteiger partial charge in [-0.1, -0.05) is 30.3 Å². The predicted molar refractivity (Wildman–Crippen MR) is 84.0 cm³/mol. The van der Waals surface area contributed by atoms with Gasteiger partial charge in [0.2, 0.25) is 5.91 Å². The lowest BCUT2D eigenvalue weighted by atomic mass is 10.1. The number of likely N-dealkylation sites (tertiary alicyclic amines) is 1. The molecular weight excluding hydrogens is 337 g/mol. The van der Waals surface area contributed by atoms with Crippen LogP contribution >= 0.6 is 0 Å². The van der Waals surface area contributed by atoms with Crippen LogP contribution in [0.2, 0.25) is 0 Å². The normalized spacial score (nSPS) is 21.0. The maximum atomic E-state index is 13.2. The van der Waals surface area contributed by atoms with Crippen molar-refractivity contribution < 1.29 is 27.4 Å². The van der Waals surface area contributed by atoms with Gasteiger partial charge >= 0.3 is 6.18 Å². The van der Waals surface area contributed by atoms with Crippen molar-refractivity contribution in [2.24, 2.45) is 0 Å². The lowest BCUT2D eigenvalue weighted by molar-refractivity contribution is -0.224. The summed E-state index contributed by atoms with van der Waals surface area (Å²) in [5.74, 6) is -0.408. The van der Waals surface area contributed by atoms with E-state index in [0.29, 0.717) is 26.3 Å². The molecule has 25 heavy (non-hydrogen) atoms. The SMILES string of the molecule is O=C(COC(c1ccccc1)C(F)(F)F)N1CC(N2CCOCC2)C1. The second kappa shape index (κ2) is 7.72. The van der Waals surface area contributed by atoms with Crippen molar-refractivity contribution in [2.45, 2.75) is 18.3 Å². The van der Waals surface area contributed by atoms with Crippen molar-refractivity contribution in [3.8, 4) is 0 Å². The lowest BCUT2D eigenvalue weighted by Gasteiger charge is -2.46. The second-order valence-corrected chi connectivity index (χ2v) is 6.24. The minimum absolute atomic E-state index is 0.00222. The van der Waals surface area contributed by atoms with Crippen LogP contribution in [0, 0.1) is 0 Å². The molecule has 0 aliphatic carbocycles. The third-order valence-corrected chi connectivity index (χ3v) is 4.55. The van der Waals surface area contributed by atoms with Gasteiger partial charge in [0.15, 0.2) is 6.10 Å². The van der Waals surface area contributed by atoms with E-state index in [9.17, 15) is 18.0 Å². The number of alkyl halides is 3. The maximum absolute atomic E-state index is 13.2. The van der Waals surface area contributed by atoms with E-state index in [-0.39, 0.29) is 11.6 Å². The third-order valence-electron chi connectivity index (χ3n) is 4.55. The summed E-state index contributed by atoms with van der Waals surface area (Å²) in [7, 11) is 0. The van der Waals surface area contributed by atoms with Crippen molar-refractivity contribution in [1.82, 2.24) is 9.80 Å². The molecule has 3 rings (SSSR count).